The van der Waals surface area contributed by atoms with E-state index in [0.29, 0.717) is 6.54 Å². The van der Waals surface area contributed by atoms with Crippen LogP contribution in [0.15, 0.2) is 0 Å². The van der Waals surface area contributed by atoms with E-state index >= 15 is 0 Å². The van der Waals surface area contributed by atoms with E-state index in [1.54, 1.807) is 6.92 Å². The Balaban J connectivity index is 4.20. The molecular formula is C9H19NO3. The number of carbonyl (C=O) groups is 1. The molecule has 78 valence electrons. The van der Waals surface area contributed by atoms with Gasteiger partial charge in [0.2, 0.25) is 0 Å². The maximum atomic E-state index is 10.8. The summed E-state index contributed by atoms with van der Waals surface area (Å²) in [6, 6.07) is -0.623. The molecular weight excluding hydrogens is 170 g/mol. The molecule has 0 aliphatic carbocycles. The Labute approximate surface area is 79.0 Å². The highest BCUT2D eigenvalue weighted by Gasteiger charge is 2.30. The van der Waals surface area contributed by atoms with Crippen molar-refractivity contribution in [3.8, 4) is 0 Å². The van der Waals surface area contributed by atoms with Gasteiger partial charge in [-0.3, -0.25) is 4.79 Å². The van der Waals surface area contributed by atoms with Crippen molar-refractivity contribution in [3.63, 3.8) is 0 Å². The standard InChI is InChI=1S/C9H19NO3/c1-6(11)5-10-7(8(12)13)9(2,3)4/h6-7,10-11H,5H2,1-4H3,(H,12,13)/t6-,7?/m0/s1. The minimum Gasteiger partial charge on any atom is -0.480 e. The number of aliphatic hydroxyl groups is 1. The second-order valence-corrected chi connectivity index (χ2v) is 4.39. The molecule has 4 nitrogen and oxygen atoms in total. The number of aliphatic carboxylic acids is 1. The van der Waals surface area contributed by atoms with Gasteiger partial charge in [0.15, 0.2) is 0 Å². The van der Waals surface area contributed by atoms with E-state index in [0.717, 1.165) is 0 Å². The third kappa shape index (κ3) is 4.85. The smallest absolute Gasteiger partial charge is 0.321 e. The first-order valence-corrected chi connectivity index (χ1v) is 4.39. The van der Waals surface area contributed by atoms with Crippen LogP contribution in [0.3, 0.4) is 0 Å². The van der Waals surface area contributed by atoms with Crippen molar-refractivity contribution in [1.29, 1.82) is 0 Å². The van der Waals surface area contributed by atoms with Gasteiger partial charge in [-0.15, -0.1) is 0 Å². The molecule has 0 rings (SSSR count). The highest BCUT2D eigenvalue weighted by molar-refractivity contribution is 5.74. The lowest BCUT2D eigenvalue weighted by Crippen LogP contribution is -2.48. The van der Waals surface area contributed by atoms with Gasteiger partial charge >= 0.3 is 5.97 Å². The second kappa shape index (κ2) is 4.58. The zero-order valence-corrected chi connectivity index (χ0v) is 8.66. The summed E-state index contributed by atoms with van der Waals surface area (Å²) in [7, 11) is 0. The number of carboxylic acid groups (broad SMARTS) is 1. The molecule has 0 saturated carbocycles. The Bertz CT molecular complexity index is 172. The molecule has 0 bridgehead atoms. The molecule has 0 aromatic carbocycles. The SMILES string of the molecule is C[C@H](O)CNC(C(=O)O)C(C)(C)C. The van der Waals surface area contributed by atoms with Crippen molar-refractivity contribution in [2.24, 2.45) is 5.41 Å². The first-order chi connectivity index (χ1) is 5.75. The van der Waals surface area contributed by atoms with Crippen LogP contribution in [0.2, 0.25) is 0 Å². The first kappa shape index (κ1) is 12.4. The van der Waals surface area contributed by atoms with Gasteiger partial charge in [0.05, 0.1) is 6.10 Å². The molecule has 0 amide bonds. The van der Waals surface area contributed by atoms with E-state index in [1.165, 1.54) is 0 Å². The largest absolute Gasteiger partial charge is 0.480 e. The molecule has 0 fully saturated rings. The quantitative estimate of drug-likeness (QED) is 0.601. The maximum Gasteiger partial charge on any atom is 0.321 e. The average Bonchev–Trinajstić information content (AvgIpc) is 1.81. The predicted molar refractivity (Wildman–Crippen MR) is 50.6 cm³/mol. The molecule has 3 N–H and O–H groups in total. The molecule has 0 aromatic rings. The summed E-state index contributed by atoms with van der Waals surface area (Å²) in [6.07, 6.45) is -0.524. The van der Waals surface area contributed by atoms with Crippen LogP contribution in [0.4, 0.5) is 0 Å². The first-order valence-electron chi connectivity index (χ1n) is 4.39. The minimum absolute atomic E-state index is 0.300. The van der Waals surface area contributed by atoms with Crippen molar-refractivity contribution in [2.75, 3.05) is 6.54 Å². The zero-order chi connectivity index (χ0) is 10.6. The fourth-order valence-electron chi connectivity index (χ4n) is 1.05. The van der Waals surface area contributed by atoms with Gasteiger partial charge in [0.25, 0.3) is 0 Å². The molecule has 0 radical (unpaired) electrons. The Hall–Kier alpha value is -0.610. The van der Waals surface area contributed by atoms with E-state index in [1.807, 2.05) is 20.8 Å². The minimum atomic E-state index is -0.881. The van der Waals surface area contributed by atoms with Crippen molar-refractivity contribution in [1.82, 2.24) is 5.32 Å². The van der Waals surface area contributed by atoms with Crippen molar-refractivity contribution in [3.05, 3.63) is 0 Å². The Kier molecular flexibility index (Phi) is 4.36. The van der Waals surface area contributed by atoms with Crippen molar-refractivity contribution >= 4 is 5.97 Å². The molecule has 4 heteroatoms. The monoisotopic (exact) mass is 189 g/mol. The fraction of sp³-hybridized carbons (Fsp3) is 0.889. The van der Waals surface area contributed by atoms with Gasteiger partial charge in [0, 0.05) is 6.54 Å². The van der Waals surface area contributed by atoms with E-state index in [2.05, 4.69) is 5.32 Å². The van der Waals surface area contributed by atoms with E-state index < -0.39 is 18.1 Å². The van der Waals surface area contributed by atoms with Gasteiger partial charge in [0.1, 0.15) is 6.04 Å². The highest BCUT2D eigenvalue weighted by atomic mass is 16.4. The summed E-state index contributed by atoms with van der Waals surface area (Å²) in [5, 5.41) is 20.7. The topological polar surface area (TPSA) is 69.6 Å². The third-order valence-corrected chi connectivity index (χ3v) is 1.73. The number of rotatable bonds is 4. The molecule has 0 heterocycles. The number of carboxylic acids is 1. The van der Waals surface area contributed by atoms with Crippen molar-refractivity contribution in [2.45, 2.75) is 39.8 Å². The van der Waals surface area contributed by atoms with Crippen LogP contribution in [0, 0.1) is 5.41 Å². The van der Waals surface area contributed by atoms with Crippen LogP contribution in [0.25, 0.3) is 0 Å². The molecule has 13 heavy (non-hydrogen) atoms. The zero-order valence-electron chi connectivity index (χ0n) is 8.66. The van der Waals surface area contributed by atoms with Crippen LogP contribution in [-0.4, -0.2) is 34.9 Å². The number of nitrogens with one attached hydrogen (secondary N) is 1. The van der Waals surface area contributed by atoms with Gasteiger partial charge in [-0.05, 0) is 12.3 Å². The molecule has 0 aliphatic rings. The van der Waals surface area contributed by atoms with Crippen LogP contribution in [0.5, 0.6) is 0 Å². The number of hydrogen-bond donors (Lipinski definition) is 3. The lowest BCUT2D eigenvalue weighted by molar-refractivity contribution is -0.142. The van der Waals surface area contributed by atoms with Crippen LogP contribution >= 0.6 is 0 Å². The molecule has 0 spiro atoms. The summed E-state index contributed by atoms with van der Waals surface area (Å²) in [5.41, 5.74) is -0.347. The molecule has 0 aromatic heterocycles. The Morgan fingerprint density at radius 1 is 1.46 bits per heavy atom. The summed E-state index contributed by atoms with van der Waals surface area (Å²) in [6.45, 7) is 7.46. The van der Waals surface area contributed by atoms with E-state index in [9.17, 15) is 4.79 Å². The number of aliphatic hydroxyl groups excluding tert-OH is 1. The summed E-state index contributed by atoms with van der Waals surface area (Å²) in [5.74, 6) is -0.881. The molecule has 0 saturated heterocycles. The van der Waals surface area contributed by atoms with Gasteiger partial charge in [-0.1, -0.05) is 20.8 Å². The lowest BCUT2D eigenvalue weighted by atomic mass is 9.87. The maximum absolute atomic E-state index is 10.8. The Morgan fingerprint density at radius 2 is 1.92 bits per heavy atom. The van der Waals surface area contributed by atoms with Crippen LogP contribution < -0.4 is 5.32 Å². The second-order valence-electron chi connectivity index (χ2n) is 4.39. The number of hydrogen-bond acceptors (Lipinski definition) is 3. The molecule has 1 unspecified atom stereocenters. The van der Waals surface area contributed by atoms with E-state index in [4.69, 9.17) is 10.2 Å². The van der Waals surface area contributed by atoms with Gasteiger partial charge < -0.3 is 15.5 Å². The molecule has 0 aliphatic heterocycles. The van der Waals surface area contributed by atoms with E-state index in [-0.39, 0.29) is 5.41 Å². The lowest BCUT2D eigenvalue weighted by Gasteiger charge is -2.28. The van der Waals surface area contributed by atoms with Crippen LogP contribution in [-0.2, 0) is 4.79 Å². The molecule has 2 atom stereocenters. The summed E-state index contributed by atoms with van der Waals surface area (Å²) < 4.78 is 0. The predicted octanol–water partition coefficient (Wildman–Crippen LogP) is 0.456. The summed E-state index contributed by atoms with van der Waals surface area (Å²) in [4.78, 5) is 10.8. The third-order valence-electron chi connectivity index (χ3n) is 1.73. The Morgan fingerprint density at radius 3 is 2.15 bits per heavy atom. The average molecular weight is 189 g/mol. The normalized spacial score (nSPS) is 16.7. The van der Waals surface area contributed by atoms with Crippen molar-refractivity contribution < 1.29 is 15.0 Å². The summed E-state index contributed by atoms with van der Waals surface area (Å²) >= 11 is 0. The highest BCUT2D eigenvalue weighted by Crippen LogP contribution is 2.19. The van der Waals surface area contributed by atoms with Gasteiger partial charge in [-0.25, -0.2) is 0 Å². The fourth-order valence-corrected chi connectivity index (χ4v) is 1.05. The van der Waals surface area contributed by atoms with Gasteiger partial charge in [-0.2, -0.15) is 0 Å². The van der Waals surface area contributed by atoms with Crippen LogP contribution in [0.1, 0.15) is 27.7 Å².